The quantitative estimate of drug-likeness (QED) is 0.581. The zero-order valence-electron chi connectivity index (χ0n) is 11.9. The van der Waals surface area contributed by atoms with Gasteiger partial charge in [0, 0.05) is 12.0 Å². The van der Waals surface area contributed by atoms with Crippen molar-refractivity contribution in [2.24, 2.45) is 5.84 Å². The first-order valence-corrected chi connectivity index (χ1v) is 6.99. The van der Waals surface area contributed by atoms with Gasteiger partial charge in [-0.1, -0.05) is 24.6 Å². The molecule has 0 amide bonds. The number of anilines is 3. The Morgan fingerprint density at radius 3 is 2.62 bits per heavy atom. The summed E-state index contributed by atoms with van der Waals surface area (Å²) in [6.45, 7) is 3.82. The van der Waals surface area contributed by atoms with E-state index in [2.05, 4.69) is 20.7 Å². The third-order valence-electron chi connectivity index (χ3n) is 3.01. The SMILES string of the molecule is CCCc1nc(NN)c(C)c(Nc2c(F)cccc2Cl)n1. The lowest BCUT2D eigenvalue weighted by Crippen LogP contribution is -2.14. The van der Waals surface area contributed by atoms with Crippen molar-refractivity contribution in [2.75, 3.05) is 10.7 Å². The minimum Gasteiger partial charge on any atom is -0.336 e. The normalized spacial score (nSPS) is 10.5. The third kappa shape index (κ3) is 3.40. The number of para-hydroxylation sites is 1. The van der Waals surface area contributed by atoms with Gasteiger partial charge in [0.25, 0.3) is 0 Å². The molecule has 1 aromatic heterocycles. The van der Waals surface area contributed by atoms with Crippen molar-refractivity contribution < 1.29 is 4.39 Å². The van der Waals surface area contributed by atoms with Crippen LogP contribution in [0.5, 0.6) is 0 Å². The molecule has 0 spiro atoms. The summed E-state index contributed by atoms with van der Waals surface area (Å²) in [5.74, 6) is 6.64. The second-order valence-electron chi connectivity index (χ2n) is 4.58. The summed E-state index contributed by atoms with van der Waals surface area (Å²) >= 11 is 6.02. The largest absolute Gasteiger partial charge is 0.336 e. The van der Waals surface area contributed by atoms with Crippen molar-refractivity contribution in [1.82, 2.24) is 9.97 Å². The van der Waals surface area contributed by atoms with Crippen LogP contribution < -0.4 is 16.6 Å². The Labute approximate surface area is 127 Å². The molecule has 1 aromatic carbocycles. The molecule has 1 heterocycles. The van der Waals surface area contributed by atoms with Crippen molar-refractivity contribution >= 4 is 28.9 Å². The molecule has 112 valence electrons. The highest BCUT2D eigenvalue weighted by Crippen LogP contribution is 2.30. The highest BCUT2D eigenvalue weighted by molar-refractivity contribution is 6.33. The fraction of sp³-hybridized carbons (Fsp3) is 0.286. The number of nitrogens with one attached hydrogen (secondary N) is 2. The number of hydrazine groups is 1. The predicted octanol–water partition coefficient (Wildman–Crippen LogP) is 3.56. The van der Waals surface area contributed by atoms with E-state index in [1.807, 2.05) is 6.92 Å². The second kappa shape index (κ2) is 6.69. The average Bonchev–Trinajstić information content (AvgIpc) is 2.46. The molecule has 0 aliphatic carbocycles. The van der Waals surface area contributed by atoms with Gasteiger partial charge in [-0.25, -0.2) is 20.2 Å². The minimum atomic E-state index is -0.445. The van der Waals surface area contributed by atoms with E-state index in [1.165, 1.54) is 6.07 Å². The van der Waals surface area contributed by atoms with E-state index >= 15 is 0 Å². The van der Waals surface area contributed by atoms with Crippen molar-refractivity contribution in [3.8, 4) is 0 Å². The van der Waals surface area contributed by atoms with E-state index in [0.29, 0.717) is 29.4 Å². The molecule has 0 saturated heterocycles. The fourth-order valence-corrected chi connectivity index (χ4v) is 2.11. The Hall–Kier alpha value is -1.92. The second-order valence-corrected chi connectivity index (χ2v) is 4.99. The molecule has 21 heavy (non-hydrogen) atoms. The zero-order chi connectivity index (χ0) is 15.4. The standard InChI is InChI=1S/C14H17ClFN5/c1-3-5-11-18-13(8(2)14(19-11)21-17)20-12-9(15)6-4-7-10(12)16/h4,6-7H,3,5,17H2,1-2H3,(H2,18,19,20,21). The van der Waals surface area contributed by atoms with Crippen LogP contribution in [0.15, 0.2) is 18.2 Å². The predicted molar refractivity (Wildman–Crippen MR) is 83.3 cm³/mol. The van der Waals surface area contributed by atoms with Crippen molar-refractivity contribution in [3.05, 3.63) is 40.4 Å². The summed E-state index contributed by atoms with van der Waals surface area (Å²) in [5, 5.41) is 3.21. The summed E-state index contributed by atoms with van der Waals surface area (Å²) in [6.07, 6.45) is 1.60. The van der Waals surface area contributed by atoms with Gasteiger partial charge >= 0.3 is 0 Å². The van der Waals surface area contributed by atoms with Gasteiger partial charge in [0.05, 0.1) is 10.7 Å². The lowest BCUT2D eigenvalue weighted by atomic mass is 10.2. The summed E-state index contributed by atoms with van der Waals surface area (Å²) in [4.78, 5) is 8.72. The van der Waals surface area contributed by atoms with Gasteiger partial charge in [0.2, 0.25) is 0 Å². The molecule has 4 N–H and O–H groups in total. The van der Waals surface area contributed by atoms with E-state index in [4.69, 9.17) is 17.4 Å². The van der Waals surface area contributed by atoms with Crippen LogP contribution in [0.2, 0.25) is 5.02 Å². The molecule has 0 bridgehead atoms. The summed E-state index contributed by atoms with van der Waals surface area (Å²) in [5.41, 5.74) is 3.41. The number of hydrogen-bond donors (Lipinski definition) is 3. The number of aromatic nitrogens is 2. The maximum Gasteiger partial charge on any atom is 0.148 e. The van der Waals surface area contributed by atoms with Crippen LogP contribution in [0.25, 0.3) is 0 Å². The number of hydrogen-bond acceptors (Lipinski definition) is 5. The Morgan fingerprint density at radius 1 is 1.29 bits per heavy atom. The molecule has 5 nitrogen and oxygen atoms in total. The van der Waals surface area contributed by atoms with Gasteiger partial charge in [-0.05, 0) is 25.5 Å². The van der Waals surface area contributed by atoms with Gasteiger partial charge < -0.3 is 10.7 Å². The molecule has 0 fully saturated rings. The Kier molecular flexibility index (Phi) is 4.93. The lowest BCUT2D eigenvalue weighted by Gasteiger charge is -2.14. The summed E-state index contributed by atoms with van der Waals surface area (Å²) in [7, 11) is 0. The van der Waals surface area contributed by atoms with Crippen LogP contribution in [0, 0.1) is 12.7 Å². The monoisotopic (exact) mass is 309 g/mol. The molecule has 0 unspecified atom stereocenters. The number of benzene rings is 1. The molecule has 2 rings (SSSR count). The number of rotatable bonds is 5. The molecule has 2 aromatic rings. The number of nitrogens with two attached hydrogens (primary N) is 1. The van der Waals surface area contributed by atoms with E-state index in [0.717, 1.165) is 6.42 Å². The summed E-state index contributed by atoms with van der Waals surface area (Å²) in [6, 6.07) is 4.49. The molecule has 0 aliphatic heterocycles. The van der Waals surface area contributed by atoms with Crippen molar-refractivity contribution in [3.63, 3.8) is 0 Å². The number of nitrogen functional groups attached to an aromatic ring is 1. The van der Waals surface area contributed by atoms with Crippen LogP contribution in [-0.2, 0) is 6.42 Å². The Morgan fingerprint density at radius 2 is 2.00 bits per heavy atom. The van der Waals surface area contributed by atoms with E-state index in [-0.39, 0.29) is 10.7 Å². The van der Waals surface area contributed by atoms with Crippen molar-refractivity contribution in [1.29, 1.82) is 0 Å². The molecule has 0 saturated carbocycles. The summed E-state index contributed by atoms with van der Waals surface area (Å²) < 4.78 is 13.9. The topological polar surface area (TPSA) is 75.9 Å². The molecular weight excluding hydrogens is 293 g/mol. The number of nitrogens with zero attached hydrogens (tertiary/aromatic N) is 2. The van der Waals surface area contributed by atoms with Gasteiger partial charge in [0.15, 0.2) is 0 Å². The van der Waals surface area contributed by atoms with Crippen LogP contribution in [0.4, 0.5) is 21.7 Å². The van der Waals surface area contributed by atoms with Crippen LogP contribution in [0.1, 0.15) is 24.7 Å². The highest BCUT2D eigenvalue weighted by Gasteiger charge is 2.13. The lowest BCUT2D eigenvalue weighted by molar-refractivity contribution is 0.632. The van der Waals surface area contributed by atoms with Gasteiger partial charge in [0.1, 0.15) is 23.3 Å². The maximum atomic E-state index is 13.9. The maximum absolute atomic E-state index is 13.9. The van der Waals surface area contributed by atoms with E-state index < -0.39 is 5.82 Å². The van der Waals surface area contributed by atoms with Gasteiger partial charge in [-0.15, -0.1) is 0 Å². The Bertz CT molecular complexity index is 627. The number of halogens is 2. The minimum absolute atomic E-state index is 0.186. The van der Waals surface area contributed by atoms with Crippen LogP contribution in [-0.4, -0.2) is 9.97 Å². The van der Waals surface area contributed by atoms with Crippen LogP contribution in [0.3, 0.4) is 0 Å². The van der Waals surface area contributed by atoms with Gasteiger partial charge in [-0.2, -0.15) is 0 Å². The first kappa shape index (κ1) is 15.5. The fourth-order valence-electron chi connectivity index (χ4n) is 1.90. The van der Waals surface area contributed by atoms with Crippen molar-refractivity contribution in [2.45, 2.75) is 26.7 Å². The zero-order valence-corrected chi connectivity index (χ0v) is 12.6. The van der Waals surface area contributed by atoms with Gasteiger partial charge in [-0.3, -0.25) is 0 Å². The first-order chi connectivity index (χ1) is 10.1. The molecular formula is C14H17ClFN5. The molecule has 0 aliphatic rings. The first-order valence-electron chi connectivity index (χ1n) is 6.62. The van der Waals surface area contributed by atoms with E-state index in [1.54, 1.807) is 19.1 Å². The third-order valence-corrected chi connectivity index (χ3v) is 3.32. The smallest absolute Gasteiger partial charge is 0.148 e. The molecule has 0 radical (unpaired) electrons. The molecule has 7 heteroatoms. The molecule has 0 atom stereocenters. The average molecular weight is 310 g/mol. The number of aryl methyl sites for hydroxylation is 1. The Balaban J connectivity index is 2.45. The van der Waals surface area contributed by atoms with E-state index in [9.17, 15) is 4.39 Å². The van der Waals surface area contributed by atoms with Crippen LogP contribution >= 0.6 is 11.6 Å². The highest BCUT2D eigenvalue weighted by atomic mass is 35.5.